The lowest BCUT2D eigenvalue weighted by molar-refractivity contribution is -0.139. The maximum absolute atomic E-state index is 15.1. The summed E-state index contributed by atoms with van der Waals surface area (Å²) in [5.74, 6) is -2.37. The molecule has 1 saturated carbocycles. The van der Waals surface area contributed by atoms with Gasteiger partial charge in [0, 0.05) is 40.1 Å². The van der Waals surface area contributed by atoms with Gasteiger partial charge < -0.3 is 34.9 Å². The SMILES string of the molecule is CCN(CC)CC.COc1cc2c(Oc3ccc(NC(=O)C4(C(=O)Nc5cccc(Cl)c5)CC4)cc3F)ccnc2cc1OCC(=O)O. The maximum atomic E-state index is 15.1. The van der Waals surface area contributed by atoms with Crippen LogP contribution in [0.3, 0.4) is 0 Å². The average molecular weight is 681 g/mol. The van der Waals surface area contributed by atoms with Crippen molar-refractivity contribution in [2.75, 3.05) is 44.0 Å². The Hall–Kier alpha value is -4.94. The molecule has 0 aliphatic heterocycles. The van der Waals surface area contributed by atoms with Gasteiger partial charge in [0.15, 0.2) is 29.7 Å². The Balaban J connectivity index is 0.000000671. The number of hydrogen-bond donors (Lipinski definition) is 3. The number of benzene rings is 3. The number of methoxy groups -OCH3 is 1. The van der Waals surface area contributed by atoms with E-state index in [2.05, 4.69) is 41.3 Å². The molecule has 1 fully saturated rings. The topological polar surface area (TPSA) is 139 Å². The second-order valence-corrected chi connectivity index (χ2v) is 11.3. The first-order valence-electron chi connectivity index (χ1n) is 15.4. The Labute approximate surface area is 283 Å². The summed E-state index contributed by atoms with van der Waals surface area (Å²) in [6.07, 6.45) is 2.16. The highest BCUT2D eigenvalue weighted by Gasteiger charge is 2.56. The molecule has 2 amide bonds. The number of aromatic nitrogens is 1. The van der Waals surface area contributed by atoms with Gasteiger partial charge >= 0.3 is 5.97 Å². The Bertz CT molecular complexity index is 1770. The van der Waals surface area contributed by atoms with Gasteiger partial charge in [0.2, 0.25) is 11.8 Å². The number of carboxylic acid groups (broad SMARTS) is 1. The zero-order chi connectivity index (χ0) is 34.8. The van der Waals surface area contributed by atoms with Crippen LogP contribution < -0.4 is 24.8 Å². The van der Waals surface area contributed by atoms with Crippen molar-refractivity contribution in [1.82, 2.24) is 9.88 Å². The largest absolute Gasteiger partial charge is 0.493 e. The van der Waals surface area contributed by atoms with Gasteiger partial charge in [0.05, 0.1) is 12.6 Å². The predicted molar refractivity (Wildman–Crippen MR) is 182 cm³/mol. The third-order valence-electron chi connectivity index (χ3n) is 7.79. The molecule has 1 heterocycles. The molecule has 0 radical (unpaired) electrons. The molecule has 0 unspecified atom stereocenters. The molecule has 0 saturated heterocycles. The van der Waals surface area contributed by atoms with E-state index in [-0.39, 0.29) is 28.7 Å². The molecule has 0 bridgehead atoms. The minimum atomic E-state index is -1.25. The van der Waals surface area contributed by atoms with E-state index in [1.165, 1.54) is 57.2 Å². The van der Waals surface area contributed by atoms with Crippen molar-refractivity contribution in [3.63, 3.8) is 0 Å². The average Bonchev–Trinajstić information content (AvgIpc) is 3.88. The molecule has 1 aliphatic carbocycles. The minimum Gasteiger partial charge on any atom is -0.493 e. The van der Waals surface area contributed by atoms with Crippen LogP contribution in [0, 0.1) is 11.2 Å². The molecule has 0 spiro atoms. The van der Waals surface area contributed by atoms with E-state index < -0.39 is 35.6 Å². The number of amides is 2. The van der Waals surface area contributed by atoms with Crippen LogP contribution in [0.1, 0.15) is 33.6 Å². The summed E-state index contributed by atoms with van der Waals surface area (Å²) in [4.78, 5) is 43.3. The van der Waals surface area contributed by atoms with Gasteiger partial charge in [0.1, 0.15) is 11.2 Å². The summed E-state index contributed by atoms with van der Waals surface area (Å²) in [5, 5.41) is 15.1. The van der Waals surface area contributed by atoms with Crippen LogP contribution in [-0.4, -0.2) is 66.1 Å². The van der Waals surface area contributed by atoms with Crippen molar-refractivity contribution in [3.8, 4) is 23.0 Å². The number of pyridine rings is 1. The third kappa shape index (κ3) is 8.90. The molecular formula is C35H38ClFN4O7. The summed E-state index contributed by atoms with van der Waals surface area (Å²) in [5.41, 5.74) is -0.225. The number of nitrogens with zero attached hydrogens (tertiary/aromatic N) is 2. The predicted octanol–water partition coefficient (Wildman–Crippen LogP) is 7.00. The van der Waals surface area contributed by atoms with E-state index in [1.54, 1.807) is 30.3 Å². The lowest BCUT2D eigenvalue weighted by Gasteiger charge is -2.16. The van der Waals surface area contributed by atoms with E-state index >= 15 is 4.39 Å². The number of nitrogens with one attached hydrogen (secondary N) is 2. The van der Waals surface area contributed by atoms with E-state index in [9.17, 15) is 14.4 Å². The van der Waals surface area contributed by atoms with Crippen LogP contribution in [-0.2, 0) is 14.4 Å². The molecule has 11 nitrogen and oxygen atoms in total. The number of hydrogen-bond acceptors (Lipinski definition) is 8. The quantitative estimate of drug-likeness (QED) is 0.127. The molecule has 5 rings (SSSR count). The fourth-order valence-electron chi connectivity index (χ4n) is 4.83. The molecule has 0 atom stereocenters. The Morgan fingerprint density at radius 1 is 0.896 bits per heavy atom. The molecule has 1 aromatic heterocycles. The highest BCUT2D eigenvalue weighted by Crippen LogP contribution is 2.48. The highest BCUT2D eigenvalue weighted by molar-refractivity contribution is 6.31. The first kappa shape index (κ1) is 35.9. The maximum Gasteiger partial charge on any atom is 0.341 e. The van der Waals surface area contributed by atoms with E-state index in [4.69, 9.17) is 30.9 Å². The van der Waals surface area contributed by atoms with Crippen molar-refractivity contribution in [1.29, 1.82) is 0 Å². The number of aliphatic carboxylic acids is 1. The number of rotatable bonds is 13. The molecule has 48 heavy (non-hydrogen) atoms. The molecule has 1 aliphatic rings. The number of carbonyl (C=O) groups excluding carboxylic acids is 2. The Morgan fingerprint density at radius 2 is 1.56 bits per heavy atom. The van der Waals surface area contributed by atoms with Crippen LogP contribution in [0.4, 0.5) is 15.8 Å². The van der Waals surface area contributed by atoms with Crippen LogP contribution >= 0.6 is 11.6 Å². The van der Waals surface area contributed by atoms with Crippen LogP contribution in [0.25, 0.3) is 10.9 Å². The Morgan fingerprint density at radius 3 is 2.10 bits per heavy atom. The number of ether oxygens (including phenoxy) is 3. The number of fused-ring (bicyclic) bond motifs is 1. The van der Waals surface area contributed by atoms with Gasteiger partial charge in [0.25, 0.3) is 0 Å². The zero-order valence-electron chi connectivity index (χ0n) is 27.1. The fourth-order valence-corrected chi connectivity index (χ4v) is 5.02. The van der Waals surface area contributed by atoms with Gasteiger partial charge in [-0.1, -0.05) is 38.4 Å². The third-order valence-corrected chi connectivity index (χ3v) is 8.03. The number of anilines is 2. The van der Waals surface area contributed by atoms with Crippen molar-refractivity contribution in [2.45, 2.75) is 33.6 Å². The van der Waals surface area contributed by atoms with E-state index in [0.717, 1.165) is 6.07 Å². The van der Waals surface area contributed by atoms with Gasteiger partial charge in [-0.25, -0.2) is 9.18 Å². The first-order chi connectivity index (χ1) is 23.0. The van der Waals surface area contributed by atoms with Gasteiger partial charge in [-0.3, -0.25) is 14.6 Å². The van der Waals surface area contributed by atoms with Crippen molar-refractivity contribution in [3.05, 3.63) is 77.7 Å². The smallest absolute Gasteiger partial charge is 0.341 e. The second-order valence-electron chi connectivity index (χ2n) is 10.9. The standard InChI is InChI=1S/C29H23ClFN3O7.C6H15N/c1-39-24-13-19-21(14-25(24)40-15-26(35)36)32-10-7-22(19)41-23-6-5-18(12-20(23)31)34-28(38)29(8-9-29)27(37)33-17-4-2-3-16(30)11-17;1-4-7(5-2)6-3/h2-7,10-14H,8-9,15H2,1H3,(H,33,37)(H,34,38)(H,35,36);4-6H2,1-3H3. The first-order valence-corrected chi connectivity index (χ1v) is 15.8. The number of carbonyl (C=O) groups is 3. The molecule has 13 heteroatoms. The fraction of sp³-hybridized carbons (Fsp3) is 0.314. The number of carboxylic acids is 1. The lowest BCUT2D eigenvalue weighted by atomic mass is 10.0. The zero-order valence-corrected chi connectivity index (χ0v) is 27.9. The normalized spacial score (nSPS) is 12.8. The van der Waals surface area contributed by atoms with Crippen molar-refractivity contribution < 1.29 is 38.1 Å². The van der Waals surface area contributed by atoms with E-state index in [1.807, 2.05) is 0 Å². The van der Waals surface area contributed by atoms with Crippen LogP contribution in [0.2, 0.25) is 5.02 Å². The van der Waals surface area contributed by atoms with Crippen LogP contribution in [0.5, 0.6) is 23.0 Å². The van der Waals surface area contributed by atoms with Crippen molar-refractivity contribution in [2.24, 2.45) is 5.41 Å². The molecular weight excluding hydrogens is 643 g/mol. The highest BCUT2D eigenvalue weighted by atomic mass is 35.5. The van der Waals surface area contributed by atoms with Crippen molar-refractivity contribution >= 4 is 51.7 Å². The van der Waals surface area contributed by atoms with Gasteiger partial charge in [-0.15, -0.1) is 0 Å². The summed E-state index contributed by atoms with van der Waals surface area (Å²) in [6.45, 7) is 9.56. The van der Waals surface area contributed by atoms with E-state index in [0.29, 0.717) is 34.5 Å². The molecule has 4 aromatic rings. The molecule has 3 aromatic carbocycles. The summed E-state index contributed by atoms with van der Waals surface area (Å²) in [6, 6.07) is 15.1. The summed E-state index contributed by atoms with van der Waals surface area (Å²) >= 11 is 5.97. The lowest BCUT2D eigenvalue weighted by Crippen LogP contribution is -2.35. The molecule has 254 valence electrons. The van der Waals surface area contributed by atoms with Crippen LogP contribution in [0.15, 0.2) is 66.9 Å². The summed E-state index contributed by atoms with van der Waals surface area (Å²) < 4.78 is 31.5. The van der Waals surface area contributed by atoms with Gasteiger partial charge in [-0.2, -0.15) is 0 Å². The minimum absolute atomic E-state index is 0.125. The number of halogens is 2. The monoisotopic (exact) mass is 680 g/mol. The van der Waals surface area contributed by atoms with Gasteiger partial charge in [-0.05, 0) is 74.9 Å². The Kier molecular flexibility index (Phi) is 12.2. The second kappa shape index (κ2) is 16.2. The molecule has 3 N–H and O–H groups in total. The summed E-state index contributed by atoms with van der Waals surface area (Å²) in [7, 11) is 1.39.